The predicted octanol–water partition coefficient (Wildman–Crippen LogP) is 5.12. The number of carbonyl (C=O) groups is 1. The number of benzene rings is 2. The van der Waals surface area contributed by atoms with Crippen LogP contribution in [0.1, 0.15) is 10.4 Å². The van der Waals surface area contributed by atoms with Crippen LogP contribution in [0.25, 0.3) is 11.1 Å². The molecular weight excluding hydrogens is 350 g/mol. The molecular formula is C18H11ClF2N2O2. The number of halogens is 3. The maximum absolute atomic E-state index is 14.4. The molecule has 0 atom stereocenters. The number of nitrogens with one attached hydrogen (secondary N) is 1. The fourth-order valence-corrected chi connectivity index (χ4v) is 2.58. The molecule has 1 aromatic heterocycles. The molecule has 126 valence electrons. The van der Waals surface area contributed by atoms with E-state index in [0.29, 0.717) is 10.6 Å². The molecule has 2 aromatic carbocycles. The average Bonchev–Trinajstić information content (AvgIpc) is 2.58. The minimum absolute atomic E-state index is 0.154. The molecule has 25 heavy (non-hydrogen) atoms. The molecule has 0 saturated carbocycles. The lowest BCUT2D eigenvalue weighted by Gasteiger charge is -2.12. The van der Waals surface area contributed by atoms with E-state index < -0.39 is 23.3 Å². The zero-order chi connectivity index (χ0) is 18.0. The van der Waals surface area contributed by atoms with Crippen molar-refractivity contribution in [3.8, 4) is 11.1 Å². The van der Waals surface area contributed by atoms with Crippen LogP contribution in [-0.2, 0) is 0 Å². The minimum atomic E-state index is -1.26. The van der Waals surface area contributed by atoms with Gasteiger partial charge in [0.2, 0.25) is 0 Å². The monoisotopic (exact) mass is 360 g/mol. The SMILES string of the molecule is O=C(O)c1cccnc1Nc1c(F)cc(-c2ccccc2Cl)cc1F. The summed E-state index contributed by atoms with van der Waals surface area (Å²) in [5.41, 5.74) is 0.0664. The summed E-state index contributed by atoms with van der Waals surface area (Å²) < 4.78 is 28.9. The first kappa shape index (κ1) is 16.9. The zero-order valence-electron chi connectivity index (χ0n) is 12.6. The molecule has 4 nitrogen and oxygen atoms in total. The Morgan fingerprint density at radius 3 is 2.40 bits per heavy atom. The molecule has 0 spiro atoms. The number of aromatic carboxylic acids is 1. The van der Waals surface area contributed by atoms with Gasteiger partial charge in [-0.25, -0.2) is 18.6 Å². The van der Waals surface area contributed by atoms with Gasteiger partial charge in [-0.15, -0.1) is 0 Å². The van der Waals surface area contributed by atoms with Crippen LogP contribution in [0.2, 0.25) is 5.02 Å². The van der Waals surface area contributed by atoms with Gasteiger partial charge in [-0.2, -0.15) is 0 Å². The van der Waals surface area contributed by atoms with Crippen LogP contribution >= 0.6 is 11.6 Å². The van der Waals surface area contributed by atoms with Crippen molar-refractivity contribution in [2.45, 2.75) is 0 Å². The summed E-state index contributed by atoms with van der Waals surface area (Å²) >= 11 is 6.05. The number of carboxylic acid groups (broad SMARTS) is 1. The molecule has 0 bridgehead atoms. The Balaban J connectivity index is 2.03. The smallest absolute Gasteiger partial charge is 0.339 e. The van der Waals surface area contributed by atoms with Crippen LogP contribution in [0.3, 0.4) is 0 Å². The number of pyridine rings is 1. The van der Waals surface area contributed by atoms with Gasteiger partial charge in [0.15, 0.2) is 0 Å². The maximum Gasteiger partial charge on any atom is 0.339 e. The van der Waals surface area contributed by atoms with E-state index in [0.717, 1.165) is 12.1 Å². The van der Waals surface area contributed by atoms with Gasteiger partial charge in [0.05, 0.1) is 0 Å². The fourth-order valence-electron chi connectivity index (χ4n) is 2.34. The van der Waals surface area contributed by atoms with Gasteiger partial charge in [0, 0.05) is 16.8 Å². The van der Waals surface area contributed by atoms with E-state index in [9.17, 15) is 13.6 Å². The van der Waals surface area contributed by atoms with Crippen LogP contribution in [0.5, 0.6) is 0 Å². The standard InChI is InChI=1S/C18H11ClF2N2O2/c19-13-6-2-1-4-11(13)10-8-14(20)16(15(21)9-10)23-17-12(18(24)25)5-3-7-22-17/h1-9H,(H,22,23)(H,24,25). The number of carboxylic acids is 1. The number of hydrogen-bond donors (Lipinski definition) is 2. The lowest BCUT2D eigenvalue weighted by molar-refractivity contribution is 0.0697. The maximum atomic E-state index is 14.4. The van der Waals surface area contributed by atoms with Crippen molar-refractivity contribution in [2.75, 3.05) is 5.32 Å². The van der Waals surface area contributed by atoms with E-state index in [-0.39, 0.29) is 16.9 Å². The Morgan fingerprint density at radius 2 is 1.76 bits per heavy atom. The minimum Gasteiger partial charge on any atom is -0.478 e. The lowest BCUT2D eigenvalue weighted by Crippen LogP contribution is -2.06. The topological polar surface area (TPSA) is 62.2 Å². The molecule has 3 aromatic rings. The van der Waals surface area contributed by atoms with Crippen LogP contribution in [-0.4, -0.2) is 16.1 Å². The predicted molar refractivity (Wildman–Crippen MR) is 91.3 cm³/mol. The Labute approximate surface area is 146 Å². The van der Waals surface area contributed by atoms with Gasteiger partial charge in [-0.05, 0) is 35.9 Å². The Morgan fingerprint density at radius 1 is 1.08 bits per heavy atom. The van der Waals surface area contributed by atoms with Crippen molar-refractivity contribution in [1.29, 1.82) is 0 Å². The Kier molecular flexibility index (Phi) is 4.63. The first-order chi connectivity index (χ1) is 12.0. The molecule has 0 fully saturated rings. The molecule has 1 heterocycles. The average molecular weight is 361 g/mol. The van der Waals surface area contributed by atoms with Gasteiger partial charge >= 0.3 is 5.97 Å². The number of hydrogen-bond acceptors (Lipinski definition) is 3. The van der Waals surface area contributed by atoms with Crippen molar-refractivity contribution in [1.82, 2.24) is 4.98 Å². The summed E-state index contributed by atoms with van der Waals surface area (Å²) in [5, 5.41) is 11.9. The summed E-state index contributed by atoms with van der Waals surface area (Å²) in [6.07, 6.45) is 1.32. The molecule has 0 aliphatic carbocycles. The summed E-state index contributed by atoms with van der Waals surface area (Å²) in [6.45, 7) is 0. The summed E-state index contributed by atoms with van der Waals surface area (Å²) in [5.74, 6) is -3.20. The van der Waals surface area contributed by atoms with Crippen molar-refractivity contribution in [2.24, 2.45) is 0 Å². The molecule has 0 aliphatic heterocycles. The van der Waals surface area contributed by atoms with Gasteiger partial charge < -0.3 is 10.4 Å². The summed E-state index contributed by atoms with van der Waals surface area (Å²) in [4.78, 5) is 15.0. The zero-order valence-corrected chi connectivity index (χ0v) is 13.4. The van der Waals surface area contributed by atoms with Gasteiger partial charge in [0.25, 0.3) is 0 Å². The van der Waals surface area contributed by atoms with Crippen molar-refractivity contribution < 1.29 is 18.7 Å². The van der Waals surface area contributed by atoms with Crippen molar-refractivity contribution in [3.63, 3.8) is 0 Å². The van der Waals surface area contributed by atoms with Gasteiger partial charge in [0.1, 0.15) is 28.7 Å². The highest BCUT2D eigenvalue weighted by molar-refractivity contribution is 6.33. The molecule has 3 rings (SSSR count). The van der Waals surface area contributed by atoms with Crippen molar-refractivity contribution in [3.05, 3.63) is 76.9 Å². The fraction of sp³-hybridized carbons (Fsp3) is 0. The largest absolute Gasteiger partial charge is 0.478 e. The van der Waals surface area contributed by atoms with E-state index in [1.54, 1.807) is 24.3 Å². The van der Waals surface area contributed by atoms with Gasteiger partial charge in [-0.3, -0.25) is 0 Å². The first-order valence-electron chi connectivity index (χ1n) is 7.16. The Hall–Kier alpha value is -2.99. The van der Waals surface area contributed by atoms with Crippen LogP contribution in [0, 0.1) is 11.6 Å². The first-order valence-corrected chi connectivity index (χ1v) is 7.54. The van der Waals surface area contributed by atoms with E-state index in [1.165, 1.54) is 18.3 Å². The van der Waals surface area contributed by atoms with Crippen LogP contribution in [0.15, 0.2) is 54.7 Å². The molecule has 0 amide bonds. The third-order valence-corrected chi connectivity index (χ3v) is 3.84. The molecule has 7 heteroatoms. The quantitative estimate of drug-likeness (QED) is 0.677. The van der Waals surface area contributed by atoms with Crippen molar-refractivity contribution >= 4 is 29.1 Å². The second-order valence-corrected chi connectivity index (χ2v) is 5.53. The number of aromatic nitrogens is 1. The second-order valence-electron chi connectivity index (χ2n) is 5.12. The Bertz CT molecular complexity index is 940. The van der Waals surface area contributed by atoms with E-state index in [1.807, 2.05) is 0 Å². The summed E-state index contributed by atoms with van der Waals surface area (Å²) in [7, 11) is 0. The molecule has 2 N–H and O–H groups in total. The molecule has 0 saturated heterocycles. The van der Waals surface area contributed by atoms with Gasteiger partial charge in [-0.1, -0.05) is 29.8 Å². The highest BCUT2D eigenvalue weighted by Gasteiger charge is 2.17. The van der Waals surface area contributed by atoms with E-state index >= 15 is 0 Å². The lowest BCUT2D eigenvalue weighted by atomic mass is 10.0. The molecule has 0 aliphatic rings. The number of rotatable bonds is 4. The summed E-state index contributed by atoms with van der Waals surface area (Å²) in [6, 6.07) is 11.6. The number of nitrogens with zero attached hydrogens (tertiary/aromatic N) is 1. The molecule has 0 unspecified atom stereocenters. The van der Waals surface area contributed by atoms with Crippen LogP contribution in [0.4, 0.5) is 20.3 Å². The van der Waals surface area contributed by atoms with Crippen LogP contribution < -0.4 is 5.32 Å². The normalized spacial score (nSPS) is 10.5. The second kappa shape index (κ2) is 6.86. The third-order valence-electron chi connectivity index (χ3n) is 3.51. The number of anilines is 2. The molecule has 0 radical (unpaired) electrons. The van der Waals surface area contributed by atoms with E-state index in [4.69, 9.17) is 16.7 Å². The highest BCUT2D eigenvalue weighted by atomic mass is 35.5. The highest BCUT2D eigenvalue weighted by Crippen LogP contribution is 2.33. The van der Waals surface area contributed by atoms with E-state index in [2.05, 4.69) is 10.3 Å². The third kappa shape index (κ3) is 3.44.